The smallest absolute Gasteiger partial charge is 0.0210 e. The van der Waals surface area contributed by atoms with Gasteiger partial charge < -0.3 is 0 Å². The van der Waals surface area contributed by atoms with E-state index in [2.05, 4.69) is 104 Å². The third-order valence-corrected chi connectivity index (χ3v) is 11.1. The van der Waals surface area contributed by atoms with Crippen LogP contribution in [0.4, 0.5) is 0 Å². The van der Waals surface area contributed by atoms with Gasteiger partial charge >= 0.3 is 0 Å². The number of halogens is 1. The van der Waals surface area contributed by atoms with Crippen LogP contribution < -0.4 is 0 Å². The van der Waals surface area contributed by atoms with E-state index in [-0.39, 0.29) is 0 Å². The van der Waals surface area contributed by atoms with Gasteiger partial charge in [0.25, 0.3) is 0 Å². The van der Waals surface area contributed by atoms with Gasteiger partial charge in [-0.3, -0.25) is 0 Å². The van der Waals surface area contributed by atoms with Gasteiger partial charge in [-0.05, 0) is 89.1 Å². The third kappa shape index (κ3) is 15.1. The number of benzene rings is 3. The van der Waals surface area contributed by atoms with Crippen molar-refractivity contribution in [1.29, 1.82) is 0 Å². The molecule has 3 rings (SSSR count). The zero-order chi connectivity index (χ0) is 33.5. The Bertz CT molecular complexity index is 1210. The number of aryl methyl sites for hydroxylation is 2. The Labute approximate surface area is 300 Å². The number of hydrogen-bond donors (Lipinski definition) is 0. The fourth-order valence-electron chi connectivity index (χ4n) is 7.11. The quantitative estimate of drug-likeness (QED) is 0.0731. The highest BCUT2D eigenvalue weighted by Crippen LogP contribution is 2.38. The van der Waals surface area contributed by atoms with Crippen molar-refractivity contribution in [3.8, 4) is 22.3 Å². The first kappa shape index (κ1) is 39.6. The molecule has 0 N–H and O–H groups in total. The second-order valence-electron chi connectivity index (χ2n) is 14.5. The first-order chi connectivity index (χ1) is 23.1. The predicted molar refractivity (Wildman–Crippen MR) is 215 cm³/mol. The lowest BCUT2D eigenvalue weighted by Crippen LogP contribution is -2.00. The van der Waals surface area contributed by atoms with Gasteiger partial charge in [0, 0.05) is 4.47 Å². The minimum absolute atomic E-state index is 0.558. The molecule has 0 saturated heterocycles. The second-order valence-corrected chi connectivity index (χ2v) is 15.4. The average Bonchev–Trinajstić information content (AvgIpc) is 3.10. The van der Waals surface area contributed by atoms with Crippen molar-refractivity contribution >= 4 is 15.9 Å². The summed E-state index contributed by atoms with van der Waals surface area (Å²) < 4.78 is 1.31. The Morgan fingerprint density at radius 1 is 0.468 bits per heavy atom. The lowest BCUT2D eigenvalue weighted by molar-refractivity contribution is 0.543. The molecule has 0 spiro atoms. The molecule has 0 aliphatic heterocycles. The monoisotopic (exact) mass is 700 g/mol. The molecular weight excluding hydrogens is 632 g/mol. The van der Waals surface area contributed by atoms with Crippen LogP contribution in [0.2, 0.25) is 0 Å². The Morgan fingerprint density at radius 2 is 0.915 bits per heavy atom. The molecule has 0 nitrogen and oxygen atoms in total. The van der Waals surface area contributed by atoms with Crippen LogP contribution in [0.1, 0.15) is 185 Å². The highest BCUT2D eigenvalue weighted by Gasteiger charge is 2.16. The summed E-state index contributed by atoms with van der Waals surface area (Å²) in [4.78, 5) is 0. The van der Waals surface area contributed by atoms with Crippen LogP contribution in [-0.4, -0.2) is 0 Å². The van der Waals surface area contributed by atoms with Crippen LogP contribution in [-0.2, 0) is 12.8 Å². The number of unbranched alkanes of at least 4 members (excludes halogenated alkanes) is 17. The molecular formula is C46H69Br. The summed E-state index contributed by atoms with van der Waals surface area (Å²) in [6.45, 7) is 9.34. The summed E-state index contributed by atoms with van der Waals surface area (Å²) in [6, 6.07) is 23.7. The van der Waals surface area contributed by atoms with Crippen LogP contribution in [0.25, 0.3) is 22.3 Å². The number of rotatable bonds is 26. The van der Waals surface area contributed by atoms with E-state index in [9.17, 15) is 0 Å². The Kier molecular flexibility index (Phi) is 20.5. The highest BCUT2D eigenvalue weighted by molar-refractivity contribution is 9.10. The molecule has 1 atom stereocenters. The lowest BCUT2D eigenvalue weighted by atomic mass is 9.86. The van der Waals surface area contributed by atoms with Gasteiger partial charge in [0.2, 0.25) is 0 Å². The molecule has 0 aliphatic rings. The zero-order valence-electron chi connectivity index (χ0n) is 31.0. The van der Waals surface area contributed by atoms with Crippen LogP contribution >= 0.6 is 15.9 Å². The summed E-state index contributed by atoms with van der Waals surface area (Å²) in [6.07, 6.45) is 31.1. The highest BCUT2D eigenvalue weighted by atomic mass is 79.9. The Balaban J connectivity index is 1.67. The molecule has 3 aromatic rings. The van der Waals surface area contributed by atoms with Crippen molar-refractivity contribution in [2.75, 3.05) is 0 Å². The molecule has 1 unspecified atom stereocenters. The third-order valence-electron chi connectivity index (χ3n) is 10.3. The van der Waals surface area contributed by atoms with Crippen LogP contribution in [0, 0.1) is 0 Å². The fraction of sp³-hybridized carbons (Fsp3) is 0.609. The van der Waals surface area contributed by atoms with Gasteiger partial charge in [0.1, 0.15) is 0 Å². The van der Waals surface area contributed by atoms with Gasteiger partial charge in [-0.15, -0.1) is 0 Å². The molecule has 0 fully saturated rings. The maximum atomic E-state index is 4.03. The van der Waals surface area contributed by atoms with E-state index >= 15 is 0 Å². The van der Waals surface area contributed by atoms with Crippen molar-refractivity contribution < 1.29 is 0 Å². The minimum atomic E-state index is 0.558. The van der Waals surface area contributed by atoms with E-state index in [4.69, 9.17) is 0 Å². The standard InChI is InChI=1S/C46H69Br/c1-5-8-11-13-15-17-18-20-22-24-27-43-36-45(44(37-46(43)47)38(4)25-23-21-19-16-14-12-9-6-2)42-34-32-41(33-35-42)40-30-28-39(29-31-40)26-10-7-3/h28-38H,5-27H2,1-4H3. The van der Waals surface area contributed by atoms with E-state index in [1.165, 1.54) is 191 Å². The molecule has 0 aromatic heterocycles. The molecule has 0 saturated carbocycles. The van der Waals surface area contributed by atoms with Crippen molar-refractivity contribution in [2.45, 2.75) is 181 Å². The van der Waals surface area contributed by atoms with Gasteiger partial charge in [0.15, 0.2) is 0 Å². The maximum Gasteiger partial charge on any atom is 0.0210 e. The molecule has 47 heavy (non-hydrogen) atoms. The van der Waals surface area contributed by atoms with Crippen LogP contribution in [0.15, 0.2) is 65.1 Å². The molecule has 0 heterocycles. The van der Waals surface area contributed by atoms with Crippen molar-refractivity contribution in [3.63, 3.8) is 0 Å². The zero-order valence-corrected chi connectivity index (χ0v) is 32.6. The lowest BCUT2D eigenvalue weighted by Gasteiger charge is -2.20. The van der Waals surface area contributed by atoms with E-state index in [0.29, 0.717) is 5.92 Å². The summed E-state index contributed by atoms with van der Waals surface area (Å²) in [5.41, 5.74) is 9.89. The van der Waals surface area contributed by atoms with Crippen LogP contribution in [0.3, 0.4) is 0 Å². The predicted octanol–water partition coefficient (Wildman–Crippen LogP) is 16.2. The summed E-state index contributed by atoms with van der Waals surface area (Å²) >= 11 is 4.03. The van der Waals surface area contributed by atoms with Crippen molar-refractivity contribution in [3.05, 3.63) is 81.8 Å². The van der Waals surface area contributed by atoms with Gasteiger partial charge in [0.05, 0.1) is 0 Å². The normalized spacial score (nSPS) is 12.1. The van der Waals surface area contributed by atoms with Gasteiger partial charge in [-0.2, -0.15) is 0 Å². The Morgan fingerprint density at radius 3 is 1.45 bits per heavy atom. The second kappa shape index (κ2) is 24.3. The van der Waals surface area contributed by atoms with Crippen molar-refractivity contribution in [1.82, 2.24) is 0 Å². The SMILES string of the molecule is CCCCCCCCCCCCc1cc(-c2ccc(-c3ccc(CCCC)cc3)cc2)c(C(C)CCCCCCCCCC)cc1Br. The molecule has 0 aliphatic carbocycles. The average molecular weight is 702 g/mol. The van der Waals surface area contributed by atoms with E-state index in [0.717, 1.165) is 0 Å². The number of hydrogen-bond acceptors (Lipinski definition) is 0. The summed E-state index contributed by atoms with van der Waals surface area (Å²) in [5, 5.41) is 0. The summed E-state index contributed by atoms with van der Waals surface area (Å²) in [7, 11) is 0. The fourth-order valence-corrected chi connectivity index (χ4v) is 7.67. The molecule has 0 bridgehead atoms. The van der Waals surface area contributed by atoms with E-state index in [1.54, 1.807) is 0 Å². The molecule has 260 valence electrons. The largest absolute Gasteiger partial charge is 0.0654 e. The van der Waals surface area contributed by atoms with Gasteiger partial charge in [-0.1, -0.05) is 208 Å². The molecule has 3 aromatic carbocycles. The summed E-state index contributed by atoms with van der Waals surface area (Å²) in [5.74, 6) is 0.558. The molecule has 1 heteroatoms. The minimum Gasteiger partial charge on any atom is -0.0654 e. The van der Waals surface area contributed by atoms with Crippen LogP contribution in [0.5, 0.6) is 0 Å². The molecule has 0 amide bonds. The maximum absolute atomic E-state index is 4.03. The first-order valence-corrected chi connectivity index (χ1v) is 20.9. The van der Waals surface area contributed by atoms with E-state index in [1.807, 2.05) is 0 Å². The van der Waals surface area contributed by atoms with Crippen molar-refractivity contribution in [2.24, 2.45) is 0 Å². The Hall–Kier alpha value is -1.86. The topological polar surface area (TPSA) is 0 Å². The van der Waals surface area contributed by atoms with E-state index < -0.39 is 0 Å². The van der Waals surface area contributed by atoms with Gasteiger partial charge in [-0.25, -0.2) is 0 Å². The first-order valence-electron chi connectivity index (χ1n) is 20.1. The molecule has 0 radical (unpaired) electrons.